The number of aliphatic hydroxyl groups excluding tert-OH is 1. The second-order valence-corrected chi connectivity index (χ2v) is 6.40. The molecule has 0 radical (unpaired) electrons. The Labute approximate surface area is 161 Å². The highest BCUT2D eigenvalue weighted by molar-refractivity contribution is 5.98. The van der Waals surface area contributed by atoms with Gasteiger partial charge in [-0.1, -0.05) is 35.9 Å². The topological polar surface area (TPSA) is 79.5 Å². The number of hydrogen-bond donors (Lipinski definition) is 2. The predicted octanol–water partition coefficient (Wildman–Crippen LogP) is 4.35. The predicted molar refractivity (Wildman–Crippen MR) is 103 cm³/mol. The van der Waals surface area contributed by atoms with E-state index in [1.807, 2.05) is 32.0 Å². The molecule has 0 saturated carbocycles. The molecular weight excluding hydrogens is 364 g/mol. The van der Waals surface area contributed by atoms with Crippen LogP contribution in [-0.2, 0) is 6.61 Å². The molecule has 3 rings (SSSR count). The van der Waals surface area contributed by atoms with Crippen LogP contribution in [-0.4, -0.2) is 16.1 Å². The van der Waals surface area contributed by atoms with Gasteiger partial charge in [0.2, 0.25) is 0 Å². The van der Waals surface area contributed by atoms with Crippen LogP contribution in [0.2, 0.25) is 0 Å². The summed E-state index contributed by atoms with van der Waals surface area (Å²) < 4.78 is 28.5. The van der Waals surface area contributed by atoms with E-state index in [-0.39, 0.29) is 12.4 Å². The molecule has 1 aromatic heterocycles. The summed E-state index contributed by atoms with van der Waals surface area (Å²) in [5.74, 6) is -1.94. The molecule has 3 N–H and O–H groups in total. The molecule has 28 heavy (non-hydrogen) atoms. The van der Waals surface area contributed by atoms with Gasteiger partial charge in [-0.05, 0) is 37.6 Å². The largest absolute Gasteiger partial charge is 0.392 e. The number of nitrogens with zero attached hydrogens (tertiary/aromatic N) is 2. The van der Waals surface area contributed by atoms with Crippen molar-refractivity contribution in [1.29, 1.82) is 0 Å². The van der Waals surface area contributed by atoms with Gasteiger partial charge >= 0.3 is 6.03 Å². The molecule has 7 heteroatoms. The van der Waals surface area contributed by atoms with Crippen LogP contribution >= 0.6 is 0 Å². The molecule has 0 aliphatic carbocycles. The number of aromatic nitrogens is 1. The van der Waals surface area contributed by atoms with E-state index < -0.39 is 23.4 Å². The Balaban J connectivity index is 2.23. The van der Waals surface area contributed by atoms with Gasteiger partial charge in [0, 0.05) is 11.1 Å². The van der Waals surface area contributed by atoms with E-state index in [4.69, 9.17) is 5.73 Å². The van der Waals surface area contributed by atoms with Crippen molar-refractivity contribution in [2.75, 3.05) is 4.90 Å². The monoisotopic (exact) mass is 383 g/mol. The maximum atomic E-state index is 14.3. The molecule has 0 unspecified atom stereocenters. The van der Waals surface area contributed by atoms with Crippen LogP contribution in [0.15, 0.2) is 48.5 Å². The van der Waals surface area contributed by atoms with Crippen LogP contribution in [0.5, 0.6) is 0 Å². The smallest absolute Gasteiger partial charge is 0.325 e. The number of primary amides is 1. The lowest BCUT2D eigenvalue weighted by Gasteiger charge is -2.22. The molecule has 2 aromatic carbocycles. The highest BCUT2D eigenvalue weighted by atomic mass is 19.1. The number of pyridine rings is 1. The number of anilines is 2. The van der Waals surface area contributed by atoms with Crippen molar-refractivity contribution in [2.45, 2.75) is 20.5 Å². The highest BCUT2D eigenvalue weighted by Gasteiger charge is 2.25. The first-order valence-electron chi connectivity index (χ1n) is 8.55. The van der Waals surface area contributed by atoms with E-state index in [0.29, 0.717) is 16.2 Å². The van der Waals surface area contributed by atoms with Gasteiger partial charge in [-0.2, -0.15) is 0 Å². The van der Waals surface area contributed by atoms with Gasteiger partial charge in [0.1, 0.15) is 23.1 Å². The summed E-state index contributed by atoms with van der Waals surface area (Å²) in [5, 5.41) is 9.70. The number of para-hydroxylation sites is 1. The lowest BCUT2D eigenvalue weighted by molar-refractivity contribution is 0.255. The van der Waals surface area contributed by atoms with Crippen molar-refractivity contribution in [1.82, 2.24) is 4.98 Å². The maximum absolute atomic E-state index is 14.3. The molecule has 0 saturated heterocycles. The number of amides is 2. The maximum Gasteiger partial charge on any atom is 0.325 e. The standard InChI is InChI=1S/C21H19F2N3O2/c1-12-6-8-15(13(2)10-12)19-14(11-27)7-9-18(25-19)26(21(24)28)20-16(22)4-3-5-17(20)23/h3-10,27H,11H2,1-2H3,(H2,24,28). The molecule has 0 bridgehead atoms. The minimum atomic E-state index is -1.08. The summed E-state index contributed by atoms with van der Waals surface area (Å²) in [4.78, 5) is 17.1. The van der Waals surface area contributed by atoms with Crippen LogP contribution in [0.25, 0.3) is 11.3 Å². The number of nitrogens with two attached hydrogens (primary N) is 1. The fourth-order valence-electron chi connectivity index (χ4n) is 3.08. The van der Waals surface area contributed by atoms with E-state index in [1.165, 1.54) is 12.1 Å². The first-order valence-corrected chi connectivity index (χ1v) is 8.55. The Bertz CT molecular complexity index is 1030. The van der Waals surface area contributed by atoms with Crippen LogP contribution < -0.4 is 10.6 Å². The van der Waals surface area contributed by atoms with Gasteiger partial charge in [-0.15, -0.1) is 0 Å². The van der Waals surface area contributed by atoms with Gasteiger partial charge in [0.25, 0.3) is 0 Å². The lowest BCUT2D eigenvalue weighted by Crippen LogP contribution is -2.33. The van der Waals surface area contributed by atoms with Crippen LogP contribution in [0.4, 0.5) is 25.1 Å². The zero-order chi connectivity index (χ0) is 20.4. The molecule has 0 fully saturated rings. The first-order chi connectivity index (χ1) is 13.3. The molecule has 0 spiro atoms. The minimum Gasteiger partial charge on any atom is -0.392 e. The number of halogens is 2. The number of aryl methyl sites for hydroxylation is 2. The molecule has 1 heterocycles. The van der Waals surface area contributed by atoms with E-state index in [0.717, 1.165) is 28.8 Å². The Hall–Kier alpha value is -3.32. The van der Waals surface area contributed by atoms with Gasteiger partial charge in [0.15, 0.2) is 0 Å². The number of hydrogen-bond acceptors (Lipinski definition) is 3. The molecule has 2 amide bonds. The molecule has 3 aromatic rings. The average Bonchev–Trinajstić information content (AvgIpc) is 2.64. The molecule has 144 valence electrons. The molecular formula is C21H19F2N3O2. The van der Waals surface area contributed by atoms with Crippen molar-refractivity contribution in [3.05, 3.63) is 76.9 Å². The van der Waals surface area contributed by atoms with Crippen LogP contribution in [0.3, 0.4) is 0 Å². The van der Waals surface area contributed by atoms with Gasteiger partial charge < -0.3 is 10.8 Å². The van der Waals surface area contributed by atoms with E-state index in [1.54, 1.807) is 6.07 Å². The number of carbonyl (C=O) groups is 1. The fourth-order valence-corrected chi connectivity index (χ4v) is 3.08. The summed E-state index contributed by atoms with van der Waals surface area (Å²) in [5.41, 5.74) is 8.41. The number of rotatable bonds is 4. The lowest BCUT2D eigenvalue weighted by atomic mass is 9.99. The third-order valence-corrected chi connectivity index (χ3v) is 4.38. The molecule has 0 aliphatic heterocycles. The summed E-state index contributed by atoms with van der Waals surface area (Å²) in [7, 11) is 0. The summed E-state index contributed by atoms with van der Waals surface area (Å²) in [6.45, 7) is 3.55. The Morgan fingerprint density at radius 1 is 1.11 bits per heavy atom. The van der Waals surface area contributed by atoms with Gasteiger partial charge in [0.05, 0.1) is 12.3 Å². The zero-order valence-corrected chi connectivity index (χ0v) is 15.4. The third kappa shape index (κ3) is 3.57. The van der Waals surface area contributed by atoms with Gasteiger partial charge in [-0.3, -0.25) is 0 Å². The van der Waals surface area contributed by atoms with Crippen LogP contribution in [0, 0.1) is 25.5 Å². The number of benzene rings is 2. The Kier molecular flexibility index (Phi) is 5.37. The van der Waals surface area contributed by atoms with Crippen LogP contribution in [0.1, 0.15) is 16.7 Å². The quantitative estimate of drug-likeness (QED) is 0.703. The number of aliphatic hydroxyl groups is 1. The second-order valence-electron chi connectivity index (χ2n) is 6.40. The van der Waals surface area contributed by atoms with Crippen molar-refractivity contribution >= 4 is 17.5 Å². The van der Waals surface area contributed by atoms with Crippen molar-refractivity contribution < 1.29 is 18.7 Å². The van der Waals surface area contributed by atoms with Crippen molar-refractivity contribution in [2.24, 2.45) is 5.73 Å². The number of carbonyl (C=O) groups excluding carboxylic acids is 1. The Morgan fingerprint density at radius 3 is 2.36 bits per heavy atom. The van der Waals surface area contributed by atoms with Crippen molar-refractivity contribution in [3.8, 4) is 11.3 Å². The summed E-state index contributed by atoms with van der Waals surface area (Å²) in [6, 6.07) is 10.8. The highest BCUT2D eigenvalue weighted by Crippen LogP contribution is 2.33. The fraction of sp³-hybridized carbons (Fsp3) is 0.143. The first kappa shape index (κ1) is 19.4. The zero-order valence-electron chi connectivity index (χ0n) is 15.4. The third-order valence-electron chi connectivity index (χ3n) is 4.38. The summed E-state index contributed by atoms with van der Waals surface area (Å²) >= 11 is 0. The second kappa shape index (κ2) is 7.74. The summed E-state index contributed by atoms with van der Waals surface area (Å²) in [6.07, 6.45) is 0. The van der Waals surface area contributed by atoms with E-state index in [9.17, 15) is 18.7 Å². The molecule has 0 atom stereocenters. The minimum absolute atomic E-state index is 0.0522. The van der Waals surface area contributed by atoms with Gasteiger partial charge in [-0.25, -0.2) is 23.5 Å². The Morgan fingerprint density at radius 2 is 1.79 bits per heavy atom. The van der Waals surface area contributed by atoms with E-state index >= 15 is 0 Å². The number of urea groups is 1. The van der Waals surface area contributed by atoms with E-state index in [2.05, 4.69) is 4.98 Å². The van der Waals surface area contributed by atoms with Crippen molar-refractivity contribution in [3.63, 3.8) is 0 Å². The normalized spacial score (nSPS) is 10.8. The molecule has 0 aliphatic rings. The molecule has 5 nitrogen and oxygen atoms in total. The average molecular weight is 383 g/mol. The SMILES string of the molecule is Cc1ccc(-c2nc(N(C(N)=O)c3c(F)cccc3F)ccc2CO)c(C)c1.